The zero-order chi connectivity index (χ0) is 22.3. The summed E-state index contributed by atoms with van der Waals surface area (Å²) >= 11 is 0. The van der Waals surface area contributed by atoms with Crippen molar-refractivity contribution < 1.29 is 0 Å². The van der Waals surface area contributed by atoms with Crippen molar-refractivity contribution in [2.45, 2.75) is 105 Å². The van der Waals surface area contributed by atoms with E-state index in [0.717, 1.165) is 13.1 Å². The van der Waals surface area contributed by atoms with Gasteiger partial charge >= 0.3 is 0 Å². The van der Waals surface area contributed by atoms with E-state index in [9.17, 15) is 0 Å². The van der Waals surface area contributed by atoms with Crippen LogP contribution in [0.3, 0.4) is 0 Å². The molecule has 0 fully saturated rings. The first-order valence-corrected chi connectivity index (χ1v) is 13.6. The van der Waals surface area contributed by atoms with E-state index in [4.69, 9.17) is 5.73 Å². The Labute approximate surface area is 190 Å². The van der Waals surface area contributed by atoms with E-state index in [1.807, 2.05) is 0 Å². The van der Waals surface area contributed by atoms with E-state index in [2.05, 4.69) is 42.4 Å². The van der Waals surface area contributed by atoms with E-state index in [0.29, 0.717) is 0 Å². The van der Waals surface area contributed by atoms with E-state index in [1.54, 1.807) is 0 Å². The van der Waals surface area contributed by atoms with E-state index >= 15 is 0 Å². The van der Waals surface area contributed by atoms with Gasteiger partial charge < -0.3 is 20.4 Å². The van der Waals surface area contributed by atoms with Crippen LogP contribution in [0.15, 0.2) is 0 Å². The molecule has 0 aliphatic heterocycles. The van der Waals surface area contributed by atoms with Crippen LogP contribution < -0.4 is 5.73 Å². The molecule has 0 saturated carbocycles. The number of nitrogens with two attached hydrogens (primary N) is 1. The number of nitrogens with zero attached hydrogens (tertiary/aromatic N) is 3. The minimum atomic E-state index is 0.782. The fourth-order valence-electron chi connectivity index (χ4n) is 4.10. The second-order valence-electron chi connectivity index (χ2n) is 9.14. The molecular weight excluding hydrogens is 368 g/mol. The van der Waals surface area contributed by atoms with Crippen LogP contribution in [0.4, 0.5) is 0 Å². The van der Waals surface area contributed by atoms with Gasteiger partial charge in [0.15, 0.2) is 0 Å². The maximum atomic E-state index is 5.89. The van der Waals surface area contributed by atoms with Crippen molar-refractivity contribution in [3.63, 3.8) is 0 Å². The molecule has 0 amide bonds. The highest BCUT2D eigenvalue weighted by molar-refractivity contribution is 4.68. The van der Waals surface area contributed by atoms with Gasteiger partial charge in [0, 0.05) is 39.3 Å². The van der Waals surface area contributed by atoms with Gasteiger partial charge in [0.2, 0.25) is 0 Å². The highest BCUT2D eigenvalue weighted by Crippen LogP contribution is 2.06. The van der Waals surface area contributed by atoms with Crippen LogP contribution >= 0.6 is 0 Å². The molecule has 4 nitrogen and oxygen atoms in total. The van der Waals surface area contributed by atoms with Gasteiger partial charge in [-0.25, -0.2) is 0 Å². The highest BCUT2D eigenvalue weighted by Gasteiger charge is 2.11. The minimum absolute atomic E-state index is 0.782. The highest BCUT2D eigenvalue weighted by atomic mass is 15.2. The second kappa shape index (κ2) is 23.5. The third-order valence-electron chi connectivity index (χ3n) is 6.22. The van der Waals surface area contributed by atoms with Gasteiger partial charge in [0.1, 0.15) is 0 Å². The van der Waals surface area contributed by atoms with Crippen molar-refractivity contribution in [3.8, 4) is 0 Å². The van der Waals surface area contributed by atoms with Crippen molar-refractivity contribution in [1.29, 1.82) is 0 Å². The normalized spacial score (nSPS) is 12.0. The summed E-state index contributed by atoms with van der Waals surface area (Å²) in [5.41, 5.74) is 5.89. The van der Waals surface area contributed by atoms with Crippen LogP contribution in [0.5, 0.6) is 0 Å². The van der Waals surface area contributed by atoms with Crippen LogP contribution in [0, 0.1) is 0 Å². The molecule has 0 rings (SSSR count). The quantitative estimate of drug-likeness (QED) is 0.203. The number of unbranched alkanes of at least 4 members (excludes halogenated alkanes) is 8. The van der Waals surface area contributed by atoms with Crippen molar-refractivity contribution in [3.05, 3.63) is 0 Å². The lowest BCUT2D eigenvalue weighted by molar-refractivity contribution is 0.171. The summed E-state index contributed by atoms with van der Waals surface area (Å²) in [4.78, 5) is 8.09. The molecule has 0 atom stereocenters. The average molecular weight is 427 g/mol. The Morgan fingerprint density at radius 2 is 0.633 bits per heavy atom. The Bertz CT molecular complexity index is 314. The van der Waals surface area contributed by atoms with Crippen LogP contribution in [0.25, 0.3) is 0 Å². The summed E-state index contributed by atoms with van der Waals surface area (Å²) < 4.78 is 0. The van der Waals surface area contributed by atoms with Gasteiger partial charge in [-0.15, -0.1) is 0 Å². The van der Waals surface area contributed by atoms with Gasteiger partial charge in [-0.2, -0.15) is 0 Å². The number of hydrogen-bond donors (Lipinski definition) is 1. The smallest absolute Gasteiger partial charge is 0.0110 e. The summed E-state index contributed by atoms with van der Waals surface area (Å²) in [5, 5.41) is 0. The molecule has 0 spiro atoms. The maximum absolute atomic E-state index is 5.89. The maximum Gasteiger partial charge on any atom is 0.0110 e. The topological polar surface area (TPSA) is 35.7 Å². The van der Waals surface area contributed by atoms with Crippen molar-refractivity contribution in [2.75, 3.05) is 65.4 Å². The molecule has 4 heteroatoms. The molecule has 30 heavy (non-hydrogen) atoms. The third-order valence-corrected chi connectivity index (χ3v) is 6.22. The molecule has 0 aromatic carbocycles. The lowest BCUT2D eigenvalue weighted by atomic mass is 10.2. The Morgan fingerprint density at radius 3 is 0.900 bits per heavy atom. The predicted octanol–water partition coefficient (Wildman–Crippen LogP) is 5.61. The summed E-state index contributed by atoms with van der Waals surface area (Å²) in [6.45, 7) is 21.0. The SMILES string of the molecule is CCCCCN(CCN)CCN(CCCCC)CCN(CCCCC)CCCCC. The van der Waals surface area contributed by atoms with Crippen molar-refractivity contribution in [2.24, 2.45) is 5.73 Å². The van der Waals surface area contributed by atoms with Gasteiger partial charge in [-0.05, 0) is 51.9 Å². The Morgan fingerprint density at radius 1 is 0.367 bits per heavy atom. The number of rotatable bonds is 24. The first kappa shape index (κ1) is 29.8. The Kier molecular flexibility index (Phi) is 23.4. The molecule has 0 aromatic rings. The molecule has 0 bridgehead atoms. The average Bonchev–Trinajstić information content (AvgIpc) is 2.75. The van der Waals surface area contributed by atoms with E-state index < -0.39 is 0 Å². The van der Waals surface area contributed by atoms with Crippen LogP contribution in [-0.2, 0) is 0 Å². The fraction of sp³-hybridized carbons (Fsp3) is 1.00. The minimum Gasteiger partial charge on any atom is -0.329 e. The van der Waals surface area contributed by atoms with Crippen molar-refractivity contribution in [1.82, 2.24) is 14.7 Å². The van der Waals surface area contributed by atoms with Gasteiger partial charge in [0.05, 0.1) is 0 Å². The Hall–Kier alpha value is -0.160. The van der Waals surface area contributed by atoms with Crippen LogP contribution in [0.2, 0.25) is 0 Å². The lowest BCUT2D eigenvalue weighted by Crippen LogP contribution is -2.42. The summed E-state index contributed by atoms with van der Waals surface area (Å²) in [6, 6.07) is 0. The zero-order valence-electron chi connectivity index (χ0n) is 21.5. The van der Waals surface area contributed by atoms with Gasteiger partial charge in [-0.3, -0.25) is 0 Å². The van der Waals surface area contributed by atoms with Crippen LogP contribution in [-0.4, -0.2) is 80.1 Å². The summed E-state index contributed by atoms with van der Waals surface area (Å²) in [7, 11) is 0. The molecule has 2 N–H and O–H groups in total. The van der Waals surface area contributed by atoms with Crippen molar-refractivity contribution >= 4 is 0 Å². The first-order chi connectivity index (χ1) is 14.7. The lowest BCUT2D eigenvalue weighted by Gasteiger charge is -2.30. The molecule has 0 radical (unpaired) electrons. The van der Waals surface area contributed by atoms with Gasteiger partial charge in [0.25, 0.3) is 0 Å². The standard InChI is InChI=1S/C26H58N4/c1-5-9-13-18-28(19-14-10-6-2)23-25-30(21-16-12-8-4)26-24-29(22-17-27)20-15-11-7-3/h5-27H2,1-4H3. The van der Waals surface area contributed by atoms with Crippen LogP contribution in [0.1, 0.15) is 105 Å². The molecule has 182 valence electrons. The predicted molar refractivity (Wildman–Crippen MR) is 136 cm³/mol. The molecule has 0 heterocycles. The second-order valence-corrected chi connectivity index (χ2v) is 9.14. The summed E-state index contributed by atoms with van der Waals surface area (Å²) in [6.07, 6.45) is 16.1. The molecular formula is C26H58N4. The summed E-state index contributed by atoms with van der Waals surface area (Å²) in [5.74, 6) is 0. The van der Waals surface area contributed by atoms with E-state index in [-0.39, 0.29) is 0 Å². The van der Waals surface area contributed by atoms with E-state index in [1.165, 1.54) is 129 Å². The molecule has 0 aromatic heterocycles. The third kappa shape index (κ3) is 18.6. The molecule has 0 saturated heterocycles. The molecule has 0 unspecified atom stereocenters. The monoisotopic (exact) mass is 426 g/mol. The van der Waals surface area contributed by atoms with Gasteiger partial charge in [-0.1, -0.05) is 79.1 Å². The largest absolute Gasteiger partial charge is 0.329 e. The molecule has 0 aliphatic rings. The molecule has 0 aliphatic carbocycles. The Balaban J connectivity index is 4.60. The zero-order valence-corrected chi connectivity index (χ0v) is 21.5. The fourth-order valence-corrected chi connectivity index (χ4v) is 4.10. The number of hydrogen-bond acceptors (Lipinski definition) is 4. The first-order valence-electron chi connectivity index (χ1n) is 13.6.